The summed E-state index contributed by atoms with van der Waals surface area (Å²) in [6.45, 7) is 2.26. The predicted octanol–water partition coefficient (Wildman–Crippen LogP) is 4.40. The van der Waals surface area contributed by atoms with Crippen molar-refractivity contribution < 1.29 is 0 Å². The minimum Gasteiger partial charge on any atom is -0.0653 e. The Bertz CT molecular complexity index is 465. The van der Waals surface area contributed by atoms with Crippen molar-refractivity contribution in [2.75, 3.05) is 0 Å². The van der Waals surface area contributed by atoms with Crippen LogP contribution in [0.2, 0.25) is 0 Å². The SMILES string of the molecule is CCCC1c2c[c]ccc2-c2ccccc21. The van der Waals surface area contributed by atoms with Crippen LogP contribution in [0.3, 0.4) is 0 Å². The van der Waals surface area contributed by atoms with Crippen molar-refractivity contribution in [1.82, 2.24) is 0 Å². The summed E-state index contributed by atoms with van der Waals surface area (Å²) in [4.78, 5) is 0. The van der Waals surface area contributed by atoms with Crippen LogP contribution in [-0.2, 0) is 0 Å². The Kier molecular flexibility index (Phi) is 2.28. The fourth-order valence-electron chi connectivity index (χ4n) is 2.79. The van der Waals surface area contributed by atoms with E-state index in [0.717, 1.165) is 0 Å². The average Bonchev–Trinajstić information content (AvgIpc) is 2.66. The Morgan fingerprint density at radius 1 is 1.06 bits per heavy atom. The van der Waals surface area contributed by atoms with Gasteiger partial charge in [0.05, 0.1) is 0 Å². The van der Waals surface area contributed by atoms with Crippen LogP contribution >= 0.6 is 0 Å². The second-order valence-electron chi connectivity index (χ2n) is 4.44. The van der Waals surface area contributed by atoms with E-state index in [-0.39, 0.29) is 0 Å². The molecule has 1 radical (unpaired) electrons. The zero-order valence-electron chi connectivity index (χ0n) is 9.53. The molecule has 1 aliphatic carbocycles. The quantitative estimate of drug-likeness (QED) is 0.684. The Morgan fingerprint density at radius 2 is 1.88 bits per heavy atom. The van der Waals surface area contributed by atoms with Crippen LogP contribution < -0.4 is 0 Å². The molecule has 0 nitrogen and oxygen atoms in total. The Hall–Kier alpha value is -1.56. The average molecular weight is 207 g/mol. The summed E-state index contributed by atoms with van der Waals surface area (Å²) in [7, 11) is 0. The van der Waals surface area contributed by atoms with Crippen molar-refractivity contribution in [3.63, 3.8) is 0 Å². The van der Waals surface area contributed by atoms with E-state index in [2.05, 4.69) is 49.4 Å². The van der Waals surface area contributed by atoms with E-state index in [1.54, 1.807) is 0 Å². The molecule has 79 valence electrons. The standard InChI is InChI=1S/C16H15/c1-2-7-12-13-8-3-5-10-15(13)16-11-6-4-9-14(12)16/h3,5-6,8-12H,2,7H2,1H3. The van der Waals surface area contributed by atoms with Gasteiger partial charge in [0.2, 0.25) is 0 Å². The topological polar surface area (TPSA) is 0 Å². The minimum absolute atomic E-state index is 0.591. The molecule has 0 spiro atoms. The number of hydrogen-bond donors (Lipinski definition) is 0. The molecule has 0 bridgehead atoms. The van der Waals surface area contributed by atoms with Gasteiger partial charge in [0.15, 0.2) is 0 Å². The normalized spacial score (nSPS) is 13.6. The van der Waals surface area contributed by atoms with Crippen molar-refractivity contribution in [2.45, 2.75) is 25.7 Å². The summed E-state index contributed by atoms with van der Waals surface area (Å²) in [6, 6.07) is 18.4. The van der Waals surface area contributed by atoms with Gasteiger partial charge in [0.1, 0.15) is 0 Å². The highest BCUT2D eigenvalue weighted by molar-refractivity contribution is 5.78. The molecule has 0 saturated heterocycles. The van der Waals surface area contributed by atoms with Crippen molar-refractivity contribution in [1.29, 1.82) is 0 Å². The molecule has 0 heterocycles. The van der Waals surface area contributed by atoms with Gasteiger partial charge in [-0.25, -0.2) is 0 Å². The Balaban J connectivity index is 2.21. The molecule has 2 aromatic carbocycles. The predicted molar refractivity (Wildman–Crippen MR) is 67.5 cm³/mol. The van der Waals surface area contributed by atoms with Gasteiger partial charge in [-0.2, -0.15) is 0 Å². The van der Waals surface area contributed by atoms with Gasteiger partial charge in [-0.05, 0) is 40.8 Å². The van der Waals surface area contributed by atoms with Crippen LogP contribution in [0.25, 0.3) is 11.1 Å². The fourth-order valence-corrected chi connectivity index (χ4v) is 2.79. The molecular formula is C16H15. The third-order valence-corrected chi connectivity index (χ3v) is 3.48. The Labute approximate surface area is 96.9 Å². The van der Waals surface area contributed by atoms with Crippen LogP contribution in [0.5, 0.6) is 0 Å². The van der Waals surface area contributed by atoms with Crippen molar-refractivity contribution in [2.24, 2.45) is 0 Å². The second kappa shape index (κ2) is 3.79. The van der Waals surface area contributed by atoms with Gasteiger partial charge in [-0.15, -0.1) is 0 Å². The molecule has 0 fully saturated rings. The van der Waals surface area contributed by atoms with Gasteiger partial charge < -0.3 is 0 Å². The maximum Gasteiger partial charge on any atom is 0.0102 e. The molecule has 1 aliphatic rings. The largest absolute Gasteiger partial charge is 0.0653 e. The summed E-state index contributed by atoms with van der Waals surface area (Å²) < 4.78 is 0. The minimum atomic E-state index is 0.591. The second-order valence-corrected chi connectivity index (χ2v) is 4.44. The maximum absolute atomic E-state index is 3.22. The lowest BCUT2D eigenvalue weighted by Crippen LogP contribution is -1.95. The highest BCUT2D eigenvalue weighted by Crippen LogP contribution is 2.46. The molecule has 1 unspecified atom stereocenters. The van der Waals surface area contributed by atoms with Crippen molar-refractivity contribution in [3.8, 4) is 11.1 Å². The van der Waals surface area contributed by atoms with E-state index < -0.39 is 0 Å². The lowest BCUT2D eigenvalue weighted by Gasteiger charge is -2.11. The highest BCUT2D eigenvalue weighted by Gasteiger charge is 2.26. The van der Waals surface area contributed by atoms with Crippen LogP contribution in [-0.4, -0.2) is 0 Å². The molecular weight excluding hydrogens is 192 g/mol. The van der Waals surface area contributed by atoms with Gasteiger partial charge in [-0.1, -0.05) is 49.7 Å². The van der Waals surface area contributed by atoms with E-state index in [1.165, 1.54) is 35.1 Å². The van der Waals surface area contributed by atoms with Gasteiger partial charge in [-0.3, -0.25) is 0 Å². The third kappa shape index (κ3) is 1.30. The molecule has 1 atom stereocenters. The van der Waals surface area contributed by atoms with E-state index in [4.69, 9.17) is 0 Å². The first kappa shape index (κ1) is 9.65. The third-order valence-electron chi connectivity index (χ3n) is 3.48. The van der Waals surface area contributed by atoms with Crippen LogP contribution in [0, 0.1) is 6.07 Å². The first-order chi connectivity index (χ1) is 7.92. The molecule has 0 heteroatoms. The summed E-state index contributed by atoms with van der Waals surface area (Å²) in [5.74, 6) is 0.591. The molecule has 0 N–H and O–H groups in total. The molecule has 0 aliphatic heterocycles. The maximum atomic E-state index is 3.22. The monoisotopic (exact) mass is 207 g/mol. The zero-order chi connectivity index (χ0) is 11.0. The van der Waals surface area contributed by atoms with Crippen molar-refractivity contribution >= 4 is 0 Å². The van der Waals surface area contributed by atoms with E-state index >= 15 is 0 Å². The zero-order valence-corrected chi connectivity index (χ0v) is 9.53. The fraction of sp³-hybridized carbons (Fsp3) is 0.250. The van der Waals surface area contributed by atoms with E-state index in [1.807, 2.05) is 6.07 Å². The first-order valence-corrected chi connectivity index (χ1v) is 6.01. The van der Waals surface area contributed by atoms with Crippen LogP contribution in [0.1, 0.15) is 36.8 Å². The van der Waals surface area contributed by atoms with Gasteiger partial charge in [0, 0.05) is 5.92 Å². The molecule has 0 amide bonds. The molecule has 0 saturated carbocycles. The molecule has 3 rings (SSSR count). The lowest BCUT2D eigenvalue weighted by molar-refractivity contribution is 0.711. The number of rotatable bonds is 2. The van der Waals surface area contributed by atoms with Crippen molar-refractivity contribution in [3.05, 3.63) is 59.7 Å². The van der Waals surface area contributed by atoms with E-state index in [0.29, 0.717) is 5.92 Å². The highest BCUT2D eigenvalue weighted by atomic mass is 14.3. The van der Waals surface area contributed by atoms with Gasteiger partial charge >= 0.3 is 0 Å². The number of hydrogen-bond acceptors (Lipinski definition) is 0. The first-order valence-electron chi connectivity index (χ1n) is 6.01. The van der Waals surface area contributed by atoms with Crippen LogP contribution in [0.4, 0.5) is 0 Å². The molecule has 2 aromatic rings. The summed E-state index contributed by atoms with van der Waals surface area (Å²) in [5.41, 5.74) is 5.79. The Morgan fingerprint density at radius 3 is 2.75 bits per heavy atom. The smallest absolute Gasteiger partial charge is 0.0102 e. The summed E-state index contributed by atoms with van der Waals surface area (Å²) >= 11 is 0. The van der Waals surface area contributed by atoms with E-state index in [9.17, 15) is 0 Å². The molecule has 16 heavy (non-hydrogen) atoms. The van der Waals surface area contributed by atoms with Crippen LogP contribution in [0.15, 0.2) is 42.5 Å². The summed E-state index contributed by atoms with van der Waals surface area (Å²) in [5, 5.41) is 0. The van der Waals surface area contributed by atoms with Gasteiger partial charge in [0.25, 0.3) is 0 Å². The molecule has 0 aromatic heterocycles. The number of fused-ring (bicyclic) bond motifs is 3. The number of benzene rings is 2. The summed E-state index contributed by atoms with van der Waals surface area (Å²) in [6.07, 6.45) is 2.47. The lowest BCUT2D eigenvalue weighted by atomic mass is 9.93.